The number of hydrogen-bond donors (Lipinski definition) is 2. The molecule has 0 atom stereocenters. The molecule has 168 valence electrons. The third kappa shape index (κ3) is 4.67. The van der Waals surface area contributed by atoms with Crippen LogP contribution in [0.5, 0.6) is 11.5 Å². The molecule has 0 spiro atoms. The van der Waals surface area contributed by atoms with Crippen molar-refractivity contribution in [1.82, 2.24) is 19.5 Å². The van der Waals surface area contributed by atoms with Crippen LogP contribution >= 0.6 is 11.6 Å². The largest absolute Gasteiger partial charge is 0.457 e. The predicted molar refractivity (Wildman–Crippen MR) is 132 cm³/mol. The van der Waals surface area contributed by atoms with Crippen LogP contribution in [-0.2, 0) is 7.05 Å². The van der Waals surface area contributed by atoms with Gasteiger partial charge < -0.3 is 19.9 Å². The second kappa shape index (κ2) is 9.21. The van der Waals surface area contributed by atoms with E-state index in [0.29, 0.717) is 33.9 Å². The number of amides is 1. The van der Waals surface area contributed by atoms with Gasteiger partial charge in [0.1, 0.15) is 17.3 Å². The molecule has 2 aromatic carbocycles. The molecule has 9 heteroatoms. The Hall–Kier alpha value is -4.43. The molecule has 0 saturated heterocycles. The first-order valence-electron chi connectivity index (χ1n) is 10.4. The molecule has 3 aromatic heterocycles. The van der Waals surface area contributed by atoms with Crippen molar-refractivity contribution in [1.29, 1.82) is 0 Å². The number of nitrogens with one attached hydrogen (secondary N) is 2. The van der Waals surface area contributed by atoms with Crippen molar-refractivity contribution in [2.24, 2.45) is 7.05 Å². The molecule has 34 heavy (non-hydrogen) atoms. The van der Waals surface area contributed by atoms with Gasteiger partial charge in [0, 0.05) is 54.0 Å². The minimum atomic E-state index is -0.275. The third-order valence-electron chi connectivity index (χ3n) is 5.10. The summed E-state index contributed by atoms with van der Waals surface area (Å²) < 4.78 is 7.97. The van der Waals surface area contributed by atoms with E-state index in [-0.39, 0.29) is 5.91 Å². The quantitative estimate of drug-likeness (QED) is 0.325. The number of carbonyl (C=O) groups excluding carboxylic acids is 1. The van der Waals surface area contributed by atoms with Crippen LogP contribution in [0.15, 0.2) is 85.3 Å². The SMILES string of the molecule is Cn1c(Nc2ccc(Cl)cc2)nc2cc(Oc3ccnc(NC(=O)c4ccncc4)c3)ccc21. The van der Waals surface area contributed by atoms with Gasteiger partial charge in [-0.3, -0.25) is 9.78 Å². The minimum absolute atomic E-state index is 0.275. The molecule has 0 aliphatic rings. The molecule has 0 saturated carbocycles. The lowest BCUT2D eigenvalue weighted by atomic mass is 10.2. The van der Waals surface area contributed by atoms with Crippen LogP contribution < -0.4 is 15.4 Å². The summed E-state index contributed by atoms with van der Waals surface area (Å²) in [5.74, 6) is 1.95. The Kier molecular flexibility index (Phi) is 5.80. The molecular formula is C25H19ClN6O2. The highest BCUT2D eigenvalue weighted by Gasteiger charge is 2.11. The summed E-state index contributed by atoms with van der Waals surface area (Å²) in [7, 11) is 1.94. The summed E-state index contributed by atoms with van der Waals surface area (Å²) >= 11 is 5.97. The van der Waals surface area contributed by atoms with Crippen molar-refractivity contribution in [3.05, 3.63) is 95.9 Å². The van der Waals surface area contributed by atoms with E-state index in [9.17, 15) is 4.79 Å². The van der Waals surface area contributed by atoms with E-state index >= 15 is 0 Å². The van der Waals surface area contributed by atoms with E-state index in [1.807, 2.05) is 54.1 Å². The molecule has 0 fully saturated rings. The number of fused-ring (bicyclic) bond motifs is 1. The molecule has 5 rings (SSSR count). The van der Waals surface area contributed by atoms with Crippen molar-refractivity contribution in [2.45, 2.75) is 0 Å². The molecule has 0 unspecified atom stereocenters. The van der Waals surface area contributed by atoms with Gasteiger partial charge in [0.2, 0.25) is 5.95 Å². The molecule has 1 amide bonds. The van der Waals surface area contributed by atoms with Crippen molar-refractivity contribution < 1.29 is 9.53 Å². The Morgan fingerprint density at radius 1 is 0.941 bits per heavy atom. The number of benzene rings is 2. The maximum absolute atomic E-state index is 12.4. The van der Waals surface area contributed by atoms with E-state index in [4.69, 9.17) is 16.3 Å². The number of anilines is 3. The fourth-order valence-electron chi connectivity index (χ4n) is 3.39. The highest BCUT2D eigenvalue weighted by molar-refractivity contribution is 6.30. The van der Waals surface area contributed by atoms with Gasteiger partial charge in [-0.15, -0.1) is 0 Å². The molecule has 0 bridgehead atoms. The summed E-state index contributed by atoms with van der Waals surface area (Å²) in [6.45, 7) is 0. The lowest BCUT2D eigenvalue weighted by Gasteiger charge is -2.08. The first kappa shape index (κ1) is 21.4. The van der Waals surface area contributed by atoms with Crippen LogP contribution in [-0.4, -0.2) is 25.4 Å². The zero-order valence-electron chi connectivity index (χ0n) is 18.1. The molecule has 0 radical (unpaired) electrons. The number of imidazole rings is 1. The Morgan fingerprint density at radius 3 is 2.50 bits per heavy atom. The summed E-state index contributed by atoms with van der Waals surface area (Å²) in [6, 6.07) is 19.7. The fourth-order valence-corrected chi connectivity index (χ4v) is 3.51. The second-order valence-electron chi connectivity index (χ2n) is 7.45. The summed E-state index contributed by atoms with van der Waals surface area (Å²) in [4.78, 5) is 25.2. The Balaban J connectivity index is 1.33. The molecule has 3 heterocycles. The van der Waals surface area contributed by atoms with Crippen LogP contribution in [0, 0.1) is 0 Å². The van der Waals surface area contributed by atoms with E-state index < -0.39 is 0 Å². The first-order chi connectivity index (χ1) is 16.5. The number of aromatic nitrogens is 4. The summed E-state index contributed by atoms with van der Waals surface area (Å²) in [5.41, 5.74) is 3.10. The van der Waals surface area contributed by atoms with Gasteiger partial charge in [0.25, 0.3) is 5.91 Å². The van der Waals surface area contributed by atoms with Crippen LogP contribution in [0.3, 0.4) is 0 Å². The standard InChI is InChI=1S/C25H19ClN6O2/c1-32-22-7-6-19(14-21(22)30-25(32)29-18-4-2-17(26)3-5-18)34-20-10-13-28-23(15-20)31-24(33)16-8-11-27-12-9-16/h2-15H,1H3,(H,29,30)(H,28,31,33). The molecular weight excluding hydrogens is 452 g/mol. The number of rotatable bonds is 6. The monoisotopic (exact) mass is 470 g/mol. The van der Waals surface area contributed by atoms with Gasteiger partial charge in [-0.25, -0.2) is 9.97 Å². The Bertz CT molecular complexity index is 1470. The van der Waals surface area contributed by atoms with Crippen molar-refractivity contribution >= 4 is 46.0 Å². The van der Waals surface area contributed by atoms with Crippen molar-refractivity contribution in [3.63, 3.8) is 0 Å². The number of pyridine rings is 2. The zero-order chi connectivity index (χ0) is 23.5. The number of hydrogen-bond acceptors (Lipinski definition) is 6. The summed E-state index contributed by atoms with van der Waals surface area (Å²) in [5, 5.41) is 6.73. The van der Waals surface area contributed by atoms with Gasteiger partial charge in [-0.1, -0.05) is 11.6 Å². The Labute approximate surface area is 200 Å². The maximum atomic E-state index is 12.4. The van der Waals surface area contributed by atoms with E-state index in [1.165, 1.54) is 0 Å². The van der Waals surface area contributed by atoms with Crippen LogP contribution in [0.1, 0.15) is 10.4 Å². The smallest absolute Gasteiger partial charge is 0.256 e. The molecule has 2 N–H and O–H groups in total. The van der Waals surface area contributed by atoms with E-state index in [1.54, 1.807) is 42.9 Å². The third-order valence-corrected chi connectivity index (χ3v) is 5.36. The fraction of sp³-hybridized carbons (Fsp3) is 0.0400. The minimum Gasteiger partial charge on any atom is -0.457 e. The van der Waals surface area contributed by atoms with Crippen molar-refractivity contribution in [2.75, 3.05) is 10.6 Å². The maximum Gasteiger partial charge on any atom is 0.256 e. The number of carbonyl (C=O) groups is 1. The van der Waals surface area contributed by atoms with Gasteiger partial charge in [-0.05, 0) is 54.6 Å². The van der Waals surface area contributed by atoms with Gasteiger partial charge in [0.05, 0.1) is 11.0 Å². The molecule has 8 nitrogen and oxygen atoms in total. The van der Waals surface area contributed by atoms with Crippen molar-refractivity contribution in [3.8, 4) is 11.5 Å². The molecule has 0 aliphatic carbocycles. The Morgan fingerprint density at radius 2 is 1.71 bits per heavy atom. The van der Waals surface area contributed by atoms with E-state index in [2.05, 4.69) is 25.6 Å². The average molecular weight is 471 g/mol. The zero-order valence-corrected chi connectivity index (χ0v) is 18.8. The molecule has 0 aliphatic heterocycles. The van der Waals surface area contributed by atoms with Crippen LogP contribution in [0.25, 0.3) is 11.0 Å². The first-order valence-corrected chi connectivity index (χ1v) is 10.8. The summed E-state index contributed by atoms with van der Waals surface area (Å²) in [6.07, 6.45) is 4.70. The number of halogens is 1. The average Bonchev–Trinajstić information content (AvgIpc) is 3.15. The lowest BCUT2D eigenvalue weighted by molar-refractivity contribution is 0.102. The number of aryl methyl sites for hydroxylation is 1. The molecule has 5 aromatic rings. The highest BCUT2D eigenvalue weighted by atomic mass is 35.5. The second-order valence-corrected chi connectivity index (χ2v) is 7.88. The van der Waals surface area contributed by atoms with Crippen LogP contribution in [0.2, 0.25) is 5.02 Å². The predicted octanol–water partition coefficient (Wildman–Crippen LogP) is 5.80. The topological polar surface area (TPSA) is 94.0 Å². The van der Waals surface area contributed by atoms with Gasteiger partial charge >= 0.3 is 0 Å². The normalized spacial score (nSPS) is 10.8. The van der Waals surface area contributed by atoms with Gasteiger partial charge in [-0.2, -0.15) is 0 Å². The number of nitrogens with zero attached hydrogens (tertiary/aromatic N) is 4. The van der Waals surface area contributed by atoms with E-state index in [0.717, 1.165) is 16.7 Å². The lowest BCUT2D eigenvalue weighted by Crippen LogP contribution is -2.12. The van der Waals surface area contributed by atoms with Crippen LogP contribution in [0.4, 0.5) is 17.5 Å². The highest BCUT2D eigenvalue weighted by Crippen LogP contribution is 2.29. The van der Waals surface area contributed by atoms with Gasteiger partial charge in [0.15, 0.2) is 0 Å². The number of ether oxygens (including phenoxy) is 1.